The molecule has 2 saturated heterocycles. The molecule has 6 nitrogen and oxygen atoms in total. The minimum atomic E-state index is 0.326. The van der Waals surface area contributed by atoms with Crippen LogP contribution in [0.4, 0.5) is 5.13 Å². The van der Waals surface area contributed by atoms with Crippen LogP contribution in [0.2, 0.25) is 0 Å². The van der Waals surface area contributed by atoms with E-state index < -0.39 is 0 Å². The third-order valence-corrected chi connectivity index (χ3v) is 6.18. The maximum absolute atomic E-state index is 12.6. The van der Waals surface area contributed by atoms with Gasteiger partial charge in [0.2, 0.25) is 11.0 Å². The second kappa shape index (κ2) is 8.25. The second-order valence-electron chi connectivity index (χ2n) is 6.98. The third kappa shape index (κ3) is 4.25. The molecule has 0 aromatic carbocycles. The van der Waals surface area contributed by atoms with Crippen LogP contribution in [0.15, 0.2) is 0 Å². The largest absolute Gasteiger partial charge is 0.343 e. The smallest absolute Gasteiger partial charge is 0.222 e. The van der Waals surface area contributed by atoms with Gasteiger partial charge in [0.05, 0.1) is 0 Å². The fourth-order valence-corrected chi connectivity index (χ4v) is 4.45. The summed E-state index contributed by atoms with van der Waals surface area (Å²) in [6.07, 6.45) is 3.99. The number of hydrogen-bond donors (Lipinski definition) is 1. The van der Waals surface area contributed by atoms with Crippen molar-refractivity contribution < 1.29 is 4.79 Å². The number of aryl methyl sites for hydroxylation is 1. The summed E-state index contributed by atoms with van der Waals surface area (Å²) in [6, 6.07) is 0. The zero-order chi connectivity index (χ0) is 16.9. The summed E-state index contributed by atoms with van der Waals surface area (Å²) in [5.41, 5.74) is 0. The molecule has 1 aromatic heterocycles. The predicted molar refractivity (Wildman–Crippen MR) is 97.5 cm³/mol. The highest BCUT2D eigenvalue weighted by Gasteiger charge is 2.27. The van der Waals surface area contributed by atoms with Gasteiger partial charge in [0.15, 0.2) is 0 Å². The molecule has 7 heteroatoms. The first kappa shape index (κ1) is 17.6. The van der Waals surface area contributed by atoms with E-state index in [9.17, 15) is 4.79 Å². The molecule has 1 amide bonds. The van der Waals surface area contributed by atoms with Crippen LogP contribution in [0.3, 0.4) is 0 Å². The Morgan fingerprint density at radius 3 is 2.62 bits per heavy atom. The normalized spacial score (nSPS) is 21.1. The number of aromatic nitrogens is 2. The molecule has 1 atom stereocenters. The van der Waals surface area contributed by atoms with E-state index in [1.54, 1.807) is 0 Å². The molecule has 24 heavy (non-hydrogen) atoms. The van der Waals surface area contributed by atoms with Crippen LogP contribution in [0.25, 0.3) is 0 Å². The molecule has 3 heterocycles. The van der Waals surface area contributed by atoms with Gasteiger partial charge in [0, 0.05) is 50.6 Å². The molecular weight excluding hydrogens is 322 g/mol. The van der Waals surface area contributed by atoms with E-state index >= 15 is 0 Å². The van der Waals surface area contributed by atoms with Crippen molar-refractivity contribution in [2.45, 2.75) is 39.5 Å². The topological polar surface area (TPSA) is 61.4 Å². The van der Waals surface area contributed by atoms with Crippen molar-refractivity contribution in [3.8, 4) is 0 Å². The van der Waals surface area contributed by atoms with Crippen molar-refractivity contribution in [1.29, 1.82) is 0 Å². The molecule has 134 valence electrons. The van der Waals surface area contributed by atoms with Crippen LogP contribution in [-0.2, 0) is 11.2 Å². The molecule has 2 fully saturated rings. The predicted octanol–water partition coefficient (Wildman–Crippen LogP) is 1.77. The SMILES string of the molecule is CCc1nsc(N2CCN(C(=O)CC(C)C3CCNCC3)CC2)n1. The number of piperidine rings is 1. The van der Waals surface area contributed by atoms with Crippen LogP contribution in [-0.4, -0.2) is 59.4 Å². The minimum absolute atomic E-state index is 0.326. The number of rotatable bonds is 5. The Morgan fingerprint density at radius 2 is 2.00 bits per heavy atom. The quantitative estimate of drug-likeness (QED) is 0.876. The Hall–Kier alpha value is -1.21. The Labute approximate surface area is 148 Å². The monoisotopic (exact) mass is 351 g/mol. The molecule has 0 radical (unpaired) electrons. The molecule has 0 saturated carbocycles. The lowest BCUT2D eigenvalue weighted by Crippen LogP contribution is -2.49. The lowest BCUT2D eigenvalue weighted by Gasteiger charge is -2.36. The summed E-state index contributed by atoms with van der Waals surface area (Å²) in [4.78, 5) is 21.5. The van der Waals surface area contributed by atoms with Crippen molar-refractivity contribution in [3.63, 3.8) is 0 Å². The summed E-state index contributed by atoms with van der Waals surface area (Å²) in [6.45, 7) is 9.87. The Morgan fingerprint density at radius 1 is 1.29 bits per heavy atom. The molecule has 1 unspecified atom stereocenters. The zero-order valence-corrected chi connectivity index (χ0v) is 15.6. The van der Waals surface area contributed by atoms with Crippen molar-refractivity contribution in [2.75, 3.05) is 44.2 Å². The van der Waals surface area contributed by atoms with Gasteiger partial charge < -0.3 is 15.1 Å². The van der Waals surface area contributed by atoms with Gasteiger partial charge in [-0.2, -0.15) is 4.37 Å². The number of carbonyl (C=O) groups excluding carboxylic acids is 1. The average molecular weight is 352 g/mol. The summed E-state index contributed by atoms with van der Waals surface area (Å²) in [7, 11) is 0. The zero-order valence-electron chi connectivity index (χ0n) is 14.8. The highest BCUT2D eigenvalue weighted by Crippen LogP contribution is 2.25. The Bertz CT molecular complexity index is 535. The molecule has 2 aliphatic rings. The summed E-state index contributed by atoms with van der Waals surface area (Å²) < 4.78 is 4.36. The summed E-state index contributed by atoms with van der Waals surface area (Å²) in [5.74, 6) is 2.44. The number of nitrogens with one attached hydrogen (secondary N) is 1. The van der Waals surface area contributed by atoms with Crippen LogP contribution in [0.5, 0.6) is 0 Å². The first-order valence-corrected chi connectivity index (χ1v) is 10.0. The van der Waals surface area contributed by atoms with Gasteiger partial charge in [-0.3, -0.25) is 4.79 Å². The van der Waals surface area contributed by atoms with Crippen LogP contribution in [0.1, 0.15) is 38.9 Å². The highest BCUT2D eigenvalue weighted by atomic mass is 32.1. The fourth-order valence-electron chi connectivity index (χ4n) is 3.65. The standard InChI is InChI=1S/C17H29N5OS/c1-3-15-19-17(24-20-15)22-10-8-21(9-11-22)16(23)12-13(2)14-4-6-18-7-5-14/h13-14,18H,3-12H2,1-2H3. The van der Waals surface area contributed by atoms with Crippen molar-refractivity contribution >= 4 is 22.6 Å². The number of carbonyl (C=O) groups is 1. The highest BCUT2D eigenvalue weighted by molar-refractivity contribution is 7.09. The lowest BCUT2D eigenvalue weighted by atomic mass is 9.84. The van der Waals surface area contributed by atoms with Crippen LogP contribution >= 0.6 is 11.5 Å². The molecule has 1 aromatic rings. The van der Waals surface area contributed by atoms with Gasteiger partial charge in [0.25, 0.3) is 0 Å². The maximum atomic E-state index is 12.6. The van der Waals surface area contributed by atoms with E-state index in [0.29, 0.717) is 24.2 Å². The molecule has 3 rings (SSSR count). The molecule has 0 spiro atoms. The molecule has 2 aliphatic heterocycles. The fraction of sp³-hybridized carbons (Fsp3) is 0.824. The third-order valence-electron chi connectivity index (χ3n) is 5.36. The number of nitrogens with zero attached hydrogens (tertiary/aromatic N) is 4. The number of hydrogen-bond acceptors (Lipinski definition) is 6. The van der Waals surface area contributed by atoms with Gasteiger partial charge in [-0.15, -0.1) is 0 Å². The van der Waals surface area contributed by atoms with Gasteiger partial charge in [-0.1, -0.05) is 13.8 Å². The first-order chi connectivity index (χ1) is 11.7. The van der Waals surface area contributed by atoms with E-state index in [-0.39, 0.29) is 0 Å². The van der Waals surface area contributed by atoms with Crippen LogP contribution < -0.4 is 10.2 Å². The molecular formula is C17H29N5OS. The van der Waals surface area contributed by atoms with Crippen LogP contribution in [0, 0.1) is 11.8 Å². The molecule has 1 N–H and O–H groups in total. The summed E-state index contributed by atoms with van der Waals surface area (Å²) in [5, 5.41) is 4.40. The number of anilines is 1. The maximum Gasteiger partial charge on any atom is 0.222 e. The Balaban J connectivity index is 1.46. The second-order valence-corrected chi connectivity index (χ2v) is 7.71. The van der Waals surface area contributed by atoms with E-state index in [0.717, 1.165) is 56.6 Å². The summed E-state index contributed by atoms with van der Waals surface area (Å²) >= 11 is 1.48. The van der Waals surface area contributed by atoms with E-state index in [2.05, 4.69) is 33.4 Å². The first-order valence-electron chi connectivity index (χ1n) is 9.23. The average Bonchev–Trinajstić information content (AvgIpc) is 3.11. The van der Waals surface area contributed by atoms with Gasteiger partial charge in [0.1, 0.15) is 5.82 Å². The van der Waals surface area contributed by atoms with E-state index in [1.165, 1.54) is 24.4 Å². The van der Waals surface area contributed by atoms with Gasteiger partial charge in [-0.05, 0) is 37.8 Å². The Kier molecular flexibility index (Phi) is 6.05. The van der Waals surface area contributed by atoms with Gasteiger partial charge >= 0.3 is 0 Å². The van der Waals surface area contributed by atoms with Gasteiger partial charge in [-0.25, -0.2) is 4.98 Å². The van der Waals surface area contributed by atoms with Crippen molar-refractivity contribution in [2.24, 2.45) is 11.8 Å². The number of piperazine rings is 1. The molecule has 0 aliphatic carbocycles. The minimum Gasteiger partial charge on any atom is -0.343 e. The number of amides is 1. The van der Waals surface area contributed by atoms with E-state index in [1.807, 2.05) is 4.90 Å². The molecule has 0 bridgehead atoms. The van der Waals surface area contributed by atoms with E-state index in [4.69, 9.17) is 0 Å². The van der Waals surface area contributed by atoms with Crippen molar-refractivity contribution in [3.05, 3.63) is 5.82 Å². The van der Waals surface area contributed by atoms with Crippen molar-refractivity contribution in [1.82, 2.24) is 19.6 Å². The lowest BCUT2D eigenvalue weighted by molar-refractivity contribution is -0.132.